The summed E-state index contributed by atoms with van der Waals surface area (Å²) >= 11 is 0. The van der Waals surface area contributed by atoms with E-state index in [4.69, 9.17) is 10.8 Å². The Morgan fingerprint density at radius 1 is 1.44 bits per heavy atom. The number of amides is 2. The zero-order valence-electron chi connectivity index (χ0n) is 10.1. The Hall–Kier alpha value is -1.63. The Morgan fingerprint density at radius 2 is 2.17 bits per heavy atom. The van der Waals surface area contributed by atoms with E-state index in [1.807, 2.05) is 0 Å². The zero-order valence-corrected chi connectivity index (χ0v) is 10.1. The summed E-state index contributed by atoms with van der Waals surface area (Å²) < 4.78 is 0. The normalized spacial score (nSPS) is 21.0. The molecule has 1 fully saturated rings. The minimum atomic E-state index is -1.15. The monoisotopic (exact) mass is 257 g/mol. The van der Waals surface area contributed by atoms with Gasteiger partial charge in [0.25, 0.3) is 0 Å². The maximum atomic E-state index is 11.8. The Balaban J connectivity index is 2.46. The van der Waals surface area contributed by atoms with Gasteiger partial charge in [-0.1, -0.05) is 0 Å². The molecule has 0 aromatic carbocycles. The van der Waals surface area contributed by atoms with Gasteiger partial charge in [-0.05, 0) is 25.8 Å². The highest BCUT2D eigenvalue weighted by molar-refractivity contribution is 5.85. The van der Waals surface area contributed by atoms with Crippen LogP contribution < -0.4 is 16.4 Å². The quantitative estimate of drug-likeness (QED) is 0.477. The SMILES string of the molecule is NC(=O)CCC(NC(=O)[C@@H]1CCCNC1)C(=O)O. The predicted molar refractivity (Wildman–Crippen MR) is 63.6 cm³/mol. The molecule has 0 aromatic heterocycles. The molecular weight excluding hydrogens is 238 g/mol. The number of rotatable bonds is 6. The van der Waals surface area contributed by atoms with E-state index >= 15 is 0 Å². The molecule has 0 spiro atoms. The summed E-state index contributed by atoms with van der Waals surface area (Å²) in [6.07, 6.45) is 1.62. The minimum absolute atomic E-state index is 0.0244. The summed E-state index contributed by atoms with van der Waals surface area (Å²) in [4.78, 5) is 33.4. The Morgan fingerprint density at radius 3 is 2.67 bits per heavy atom. The van der Waals surface area contributed by atoms with E-state index < -0.39 is 17.9 Å². The summed E-state index contributed by atoms with van der Waals surface area (Å²) in [7, 11) is 0. The molecule has 1 unspecified atom stereocenters. The fraction of sp³-hybridized carbons (Fsp3) is 0.727. The van der Waals surface area contributed by atoms with Crippen molar-refractivity contribution in [1.82, 2.24) is 10.6 Å². The van der Waals surface area contributed by atoms with Gasteiger partial charge in [0.15, 0.2) is 0 Å². The van der Waals surface area contributed by atoms with E-state index in [1.54, 1.807) is 0 Å². The highest BCUT2D eigenvalue weighted by Crippen LogP contribution is 2.10. The highest BCUT2D eigenvalue weighted by Gasteiger charge is 2.26. The van der Waals surface area contributed by atoms with Crippen LogP contribution in [0.25, 0.3) is 0 Å². The summed E-state index contributed by atoms with van der Waals surface area (Å²) in [5.41, 5.74) is 4.96. The van der Waals surface area contributed by atoms with E-state index in [9.17, 15) is 14.4 Å². The third kappa shape index (κ3) is 4.70. The van der Waals surface area contributed by atoms with Crippen LogP contribution in [0.4, 0.5) is 0 Å². The van der Waals surface area contributed by atoms with Gasteiger partial charge >= 0.3 is 5.97 Å². The molecule has 7 heteroatoms. The van der Waals surface area contributed by atoms with Gasteiger partial charge in [0, 0.05) is 13.0 Å². The Labute approximate surface area is 105 Å². The van der Waals surface area contributed by atoms with Crippen molar-refractivity contribution in [3.63, 3.8) is 0 Å². The van der Waals surface area contributed by atoms with Gasteiger partial charge in [-0.2, -0.15) is 0 Å². The molecule has 102 valence electrons. The maximum absolute atomic E-state index is 11.8. The number of nitrogens with one attached hydrogen (secondary N) is 2. The van der Waals surface area contributed by atoms with Crippen molar-refractivity contribution in [3.8, 4) is 0 Å². The fourth-order valence-corrected chi connectivity index (χ4v) is 1.91. The first-order valence-electron chi connectivity index (χ1n) is 6.03. The van der Waals surface area contributed by atoms with E-state index in [0.717, 1.165) is 19.4 Å². The van der Waals surface area contributed by atoms with Crippen LogP contribution in [-0.4, -0.2) is 42.0 Å². The average molecular weight is 257 g/mol. The van der Waals surface area contributed by atoms with Crippen LogP contribution in [-0.2, 0) is 14.4 Å². The standard InChI is InChI=1S/C11H19N3O4/c12-9(15)4-3-8(11(17)18)14-10(16)7-2-1-5-13-6-7/h7-8,13H,1-6H2,(H2,12,15)(H,14,16)(H,17,18)/t7-,8?/m1/s1. The first-order valence-corrected chi connectivity index (χ1v) is 6.03. The molecule has 1 aliphatic rings. The molecule has 7 nitrogen and oxygen atoms in total. The molecule has 1 saturated heterocycles. The lowest BCUT2D eigenvalue weighted by Crippen LogP contribution is -2.47. The van der Waals surface area contributed by atoms with E-state index in [2.05, 4.69) is 10.6 Å². The summed E-state index contributed by atoms with van der Waals surface area (Å²) in [6.45, 7) is 1.45. The van der Waals surface area contributed by atoms with Gasteiger partial charge < -0.3 is 21.5 Å². The summed E-state index contributed by atoms with van der Waals surface area (Å²) in [6, 6.07) is -1.05. The second kappa shape index (κ2) is 6.95. The van der Waals surface area contributed by atoms with Crippen molar-refractivity contribution in [3.05, 3.63) is 0 Å². The lowest BCUT2D eigenvalue weighted by molar-refractivity contribution is -0.142. The molecule has 1 heterocycles. The van der Waals surface area contributed by atoms with Gasteiger partial charge in [0.1, 0.15) is 6.04 Å². The van der Waals surface area contributed by atoms with Crippen molar-refractivity contribution in [2.45, 2.75) is 31.7 Å². The molecule has 2 amide bonds. The Bertz CT molecular complexity index is 326. The molecule has 0 aromatic rings. The average Bonchev–Trinajstić information content (AvgIpc) is 2.34. The van der Waals surface area contributed by atoms with Crippen LogP contribution in [0.3, 0.4) is 0 Å². The van der Waals surface area contributed by atoms with Crippen LogP contribution in [0.5, 0.6) is 0 Å². The van der Waals surface area contributed by atoms with Gasteiger partial charge in [0.05, 0.1) is 5.92 Å². The molecule has 18 heavy (non-hydrogen) atoms. The van der Waals surface area contributed by atoms with Gasteiger partial charge in [-0.3, -0.25) is 9.59 Å². The number of nitrogens with two attached hydrogens (primary N) is 1. The van der Waals surface area contributed by atoms with E-state index in [1.165, 1.54) is 0 Å². The number of hydrogen-bond acceptors (Lipinski definition) is 4. The van der Waals surface area contributed by atoms with Crippen LogP contribution in [0.1, 0.15) is 25.7 Å². The zero-order chi connectivity index (χ0) is 13.5. The lowest BCUT2D eigenvalue weighted by Gasteiger charge is -2.23. The van der Waals surface area contributed by atoms with Crippen molar-refractivity contribution in [1.29, 1.82) is 0 Å². The van der Waals surface area contributed by atoms with Crippen LogP contribution >= 0.6 is 0 Å². The topological polar surface area (TPSA) is 122 Å². The van der Waals surface area contributed by atoms with Crippen LogP contribution in [0.15, 0.2) is 0 Å². The van der Waals surface area contributed by atoms with Crippen molar-refractivity contribution < 1.29 is 19.5 Å². The first kappa shape index (κ1) is 14.4. The highest BCUT2D eigenvalue weighted by atomic mass is 16.4. The van der Waals surface area contributed by atoms with E-state index in [-0.39, 0.29) is 24.7 Å². The van der Waals surface area contributed by atoms with Gasteiger partial charge in [-0.25, -0.2) is 4.79 Å². The molecule has 1 aliphatic heterocycles. The second-order valence-corrected chi connectivity index (χ2v) is 4.45. The molecule has 0 bridgehead atoms. The first-order chi connectivity index (χ1) is 8.50. The number of piperidine rings is 1. The molecule has 5 N–H and O–H groups in total. The molecule has 0 saturated carbocycles. The van der Waals surface area contributed by atoms with E-state index in [0.29, 0.717) is 6.54 Å². The number of carbonyl (C=O) groups excluding carboxylic acids is 2. The van der Waals surface area contributed by atoms with Gasteiger partial charge in [0.2, 0.25) is 11.8 Å². The molecule has 0 aliphatic carbocycles. The van der Waals surface area contributed by atoms with Crippen LogP contribution in [0.2, 0.25) is 0 Å². The molecule has 0 radical (unpaired) electrons. The predicted octanol–water partition coefficient (Wildman–Crippen LogP) is -1.18. The second-order valence-electron chi connectivity index (χ2n) is 4.45. The van der Waals surface area contributed by atoms with Crippen LogP contribution in [0, 0.1) is 5.92 Å². The number of hydrogen-bond donors (Lipinski definition) is 4. The summed E-state index contributed by atoms with van der Waals surface area (Å²) in [5, 5.41) is 14.5. The van der Waals surface area contributed by atoms with Gasteiger partial charge in [-0.15, -0.1) is 0 Å². The molecule has 2 atom stereocenters. The lowest BCUT2D eigenvalue weighted by atomic mass is 9.98. The van der Waals surface area contributed by atoms with Crippen molar-refractivity contribution >= 4 is 17.8 Å². The Kier molecular flexibility index (Phi) is 5.57. The van der Waals surface area contributed by atoms with Crippen molar-refractivity contribution in [2.75, 3.05) is 13.1 Å². The minimum Gasteiger partial charge on any atom is -0.480 e. The molecular formula is C11H19N3O4. The maximum Gasteiger partial charge on any atom is 0.326 e. The smallest absolute Gasteiger partial charge is 0.326 e. The largest absolute Gasteiger partial charge is 0.480 e. The number of aliphatic carboxylic acids is 1. The van der Waals surface area contributed by atoms with Crippen molar-refractivity contribution in [2.24, 2.45) is 11.7 Å². The number of carboxylic acid groups (broad SMARTS) is 1. The number of primary amides is 1. The summed E-state index contributed by atoms with van der Waals surface area (Å²) in [5.74, 6) is -2.20. The number of carboxylic acids is 1. The molecule has 1 rings (SSSR count). The third-order valence-electron chi connectivity index (χ3n) is 2.96. The third-order valence-corrected chi connectivity index (χ3v) is 2.96. The fourth-order valence-electron chi connectivity index (χ4n) is 1.91. The number of carbonyl (C=O) groups is 3.